The van der Waals surface area contributed by atoms with Crippen LogP contribution in [0.15, 0.2) is 87.1 Å². The van der Waals surface area contributed by atoms with Crippen LogP contribution in [0.2, 0.25) is 0 Å². The Morgan fingerprint density at radius 3 is 2.57 bits per heavy atom. The molecule has 35 heavy (non-hydrogen) atoms. The molecule has 0 atom stereocenters. The number of aromatic amines is 1. The van der Waals surface area contributed by atoms with Crippen LogP contribution in [0.1, 0.15) is 5.56 Å². The van der Waals surface area contributed by atoms with Gasteiger partial charge in [0.15, 0.2) is 16.9 Å². The van der Waals surface area contributed by atoms with Crippen molar-refractivity contribution in [2.24, 2.45) is 17.3 Å². The first kappa shape index (κ1) is 22.1. The summed E-state index contributed by atoms with van der Waals surface area (Å²) in [6.07, 6.45) is 2.30. The molecule has 2 aromatic carbocycles. The van der Waals surface area contributed by atoms with Crippen molar-refractivity contribution in [2.75, 3.05) is 0 Å². The van der Waals surface area contributed by atoms with Crippen molar-refractivity contribution in [1.82, 2.24) is 23.7 Å². The van der Waals surface area contributed by atoms with E-state index in [0.29, 0.717) is 24.9 Å². The van der Waals surface area contributed by atoms with Crippen LogP contribution >= 0.6 is 0 Å². The maximum Gasteiger partial charge on any atom is 0.329 e. The van der Waals surface area contributed by atoms with E-state index in [1.54, 1.807) is 15.2 Å². The molecule has 0 saturated heterocycles. The van der Waals surface area contributed by atoms with Gasteiger partial charge in [-0.2, -0.15) is 4.98 Å². The van der Waals surface area contributed by atoms with Crippen molar-refractivity contribution >= 4 is 33.7 Å². The first-order valence-corrected chi connectivity index (χ1v) is 11.1. The van der Waals surface area contributed by atoms with E-state index in [2.05, 4.69) is 26.8 Å². The van der Waals surface area contributed by atoms with Gasteiger partial charge in [0.1, 0.15) is 0 Å². The summed E-state index contributed by atoms with van der Waals surface area (Å²) in [6.45, 7) is 4.54. The van der Waals surface area contributed by atoms with Crippen LogP contribution in [0.3, 0.4) is 0 Å². The Morgan fingerprint density at radius 2 is 1.80 bits per heavy atom. The summed E-state index contributed by atoms with van der Waals surface area (Å²) in [5, 5.41) is 20.2. The fraction of sp³-hybridized carbons (Fsp3) is 0.160. The molecule has 0 amide bonds. The number of H-pyrrole nitrogens is 1. The molecule has 0 spiro atoms. The molecule has 0 bridgehead atoms. The number of nitrogens with zero attached hydrogens (tertiary/aromatic N) is 6. The zero-order chi connectivity index (χ0) is 24.5. The van der Waals surface area contributed by atoms with Crippen molar-refractivity contribution in [3.63, 3.8) is 0 Å². The second-order valence-corrected chi connectivity index (χ2v) is 8.08. The number of azo groups is 1. The van der Waals surface area contributed by atoms with E-state index in [9.17, 15) is 14.7 Å². The lowest BCUT2D eigenvalue weighted by atomic mass is 10.1. The molecule has 176 valence electrons. The molecule has 3 heterocycles. The van der Waals surface area contributed by atoms with Crippen LogP contribution in [-0.2, 0) is 26.6 Å². The Labute approximate surface area is 199 Å². The first-order chi connectivity index (χ1) is 17.0. The van der Waals surface area contributed by atoms with Gasteiger partial charge in [-0.3, -0.25) is 14.3 Å². The minimum Gasteiger partial charge on any atom is -0.493 e. The lowest BCUT2D eigenvalue weighted by molar-refractivity contribution is 0.431. The number of para-hydroxylation sites is 1. The van der Waals surface area contributed by atoms with Crippen molar-refractivity contribution in [2.45, 2.75) is 19.5 Å². The maximum absolute atomic E-state index is 12.7. The minimum atomic E-state index is -0.566. The number of allylic oxidation sites excluding steroid dienone is 1. The number of imidazole rings is 1. The number of aryl methyl sites for hydroxylation is 3. The molecule has 0 radical (unpaired) electrons. The molecule has 2 N–H and O–H groups in total. The highest BCUT2D eigenvalue weighted by atomic mass is 16.3. The molecule has 0 unspecified atom stereocenters. The molecule has 5 aromatic rings. The van der Waals surface area contributed by atoms with E-state index in [4.69, 9.17) is 0 Å². The number of aromatic nitrogens is 5. The molecular weight excluding hydrogens is 446 g/mol. The number of nitrogens with one attached hydrogen (secondary N) is 1. The fourth-order valence-corrected chi connectivity index (χ4v) is 4.18. The Bertz CT molecular complexity index is 1700. The number of fused-ring (bicyclic) bond motifs is 2. The number of aromatic hydroxyl groups is 1. The summed E-state index contributed by atoms with van der Waals surface area (Å²) >= 11 is 0. The van der Waals surface area contributed by atoms with Gasteiger partial charge in [-0.25, -0.2) is 4.79 Å². The van der Waals surface area contributed by atoms with Gasteiger partial charge >= 0.3 is 5.69 Å². The monoisotopic (exact) mass is 469 g/mol. The van der Waals surface area contributed by atoms with Crippen molar-refractivity contribution < 1.29 is 5.11 Å². The average molecular weight is 470 g/mol. The van der Waals surface area contributed by atoms with E-state index < -0.39 is 11.2 Å². The second-order valence-electron chi connectivity index (χ2n) is 8.08. The quantitative estimate of drug-likeness (QED) is 0.277. The lowest BCUT2D eigenvalue weighted by Gasteiger charge is -2.06. The third-order valence-electron chi connectivity index (χ3n) is 5.92. The van der Waals surface area contributed by atoms with E-state index in [-0.39, 0.29) is 28.7 Å². The zero-order valence-corrected chi connectivity index (χ0v) is 19.0. The van der Waals surface area contributed by atoms with E-state index in [1.165, 1.54) is 11.6 Å². The number of benzene rings is 2. The second kappa shape index (κ2) is 8.90. The number of hydrogen-bond donors (Lipinski definition) is 2. The summed E-state index contributed by atoms with van der Waals surface area (Å²) < 4.78 is 4.59. The molecule has 0 fully saturated rings. The topological polar surface area (TPSA) is 123 Å². The molecule has 5 rings (SSSR count). The maximum atomic E-state index is 12.7. The first-order valence-electron chi connectivity index (χ1n) is 11.1. The number of hydrogen-bond acceptors (Lipinski definition) is 6. The largest absolute Gasteiger partial charge is 0.493 e. The highest BCUT2D eigenvalue weighted by molar-refractivity contribution is 5.95. The molecular formula is C25H23N7O3. The molecule has 0 aliphatic heterocycles. The summed E-state index contributed by atoms with van der Waals surface area (Å²) in [5.41, 5.74) is 1.47. The average Bonchev–Trinajstić information content (AvgIpc) is 3.36. The highest BCUT2D eigenvalue weighted by Gasteiger charge is 2.19. The van der Waals surface area contributed by atoms with Gasteiger partial charge in [-0.15, -0.1) is 16.8 Å². The summed E-state index contributed by atoms with van der Waals surface area (Å²) in [5.74, 6) is 0.106. The summed E-state index contributed by atoms with van der Waals surface area (Å²) in [7, 11) is 1.53. The van der Waals surface area contributed by atoms with Gasteiger partial charge in [-0.05, 0) is 18.1 Å². The smallest absolute Gasteiger partial charge is 0.329 e. The predicted octanol–water partition coefficient (Wildman–Crippen LogP) is 3.93. The SMILES string of the molecule is C=CCn1c(O)c(N=Nc2nc3c(c(=O)[nH]c(=O)n3C)n2CCc2ccccc2)c2ccccc21. The number of rotatable bonds is 7. The van der Waals surface area contributed by atoms with Gasteiger partial charge in [0.2, 0.25) is 5.88 Å². The third kappa shape index (κ3) is 3.84. The van der Waals surface area contributed by atoms with Gasteiger partial charge in [0.05, 0.1) is 5.52 Å². The Kier molecular flexibility index (Phi) is 5.61. The van der Waals surface area contributed by atoms with E-state index in [1.807, 2.05) is 54.6 Å². The van der Waals surface area contributed by atoms with Crippen LogP contribution in [0.25, 0.3) is 22.1 Å². The Morgan fingerprint density at radius 1 is 1.06 bits per heavy atom. The molecule has 0 saturated carbocycles. The molecule has 3 aromatic heterocycles. The van der Waals surface area contributed by atoms with Crippen LogP contribution in [0, 0.1) is 0 Å². The molecule has 10 nitrogen and oxygen atoms in total. The zero-order valence-electron chi connectivity index (χ0n) is 19.0. The van der Waals surface area contributed by atoms with Crippen molar-refractivity contribution in [3.8, 4) is 5.88 Å². The van der Waals surface area contributed by atoms with Gasteiger partial charge in [-0.1, -0.05) is 54.6 Å². The summed E-state index contributed by atoms with van der Waals surface area (Å²) in [6, 6.07) is 17.3. The Hall–Kier alpha value is -4.73. The van der Waals surface area contributed by atoms with Crippen LogP contribution in [0.5, 0.6) is 5.88 Å². The minimum absolute atomic E-state index is 0.0490. The van der Waals surface area contributed by atoms with Crippen molar-refractivity contribution in [3.05, 3.63) is 93.7 Å². The van der Waals surface area contributed by atoms with E-state index in [0.717, 1.165) is 11.1 Å². The molecule has 0 aliphatic carbocycles. The lowest BCUT2D eigenvalue weighted by Crippen LogP contribution is -2.29. The third-order valence-corrected chi connectivity index (χ3v) is 5.92. The van der Waals surface area contributed by atoms with Gasteiger partial charge in [0, 0.05) is 25.5 Å². The fourth-order valence-electron chi connectivity index (χ4n) is 4.18. The molecule has 10 heteroatoms. The van der Waals surface area contributed by atoms with Crippen LogP contribution < -0.4 is 11.2 Å². The predicted molar refractivity (Wildman–Crippen MR) is 134 cm³/mol. The normalized spacial score (nSPS) is 11.7. The van der Waals surface area contributed by atoms with Crippen LogP contribution in [0.4, 0.5) is 11.6 Å². The van der Waals surface area contributed by atoms with Crippen molar-refractivity contribution in [1.29, 1.82) is 0 Å². The Balaban J connectivity index is 1.65. The van der Waals surface area contributed by atoms with Gasteiger partial charge < -0.3 is 14.2 Å². The van der Waals surface area contributed by atoms with Gasteiger partial charge in [0.25, 0.3) is 11.5 Å². The van der Waals surface area contributed by atoms with E-state index >= 15 is 0 Å². The summed E-state index contributed by atoms with van der Waals surface area (Å²) in [4.78, 5) is 31.6. The van der Waals surface area contributed by atoms with Crippen LogP contribution in [-0.4, -0.2) is 28.8 Å². The molecule has 0 aliphatic rings. The standard InChI is InChI=1S/C25H23N7O3/c1-3-14-31-18-12-8-7-11-17(18)19(23(31)34)28-29-24-26-21-20(22(33)27-25(35)30(21)2)32(24)15-13-16-9-5-4-6-10-16/h3-12,34H,1,13-15H2,2H3,(H,27,33,35). The highest BCUT2D eigenvalue weighted by Crippen LogP contribution is 2.39.